The van der Waals surface area contributed by atoms with E-state index in [1.165, 1.54) is 6.20 Å². The molecule has 4 nitrogen and oxygen atoms in total. The van der Waals surface area contributed by atoms with Crippen molar-refractivity contribution in [1.82, 2.24) is 9.78 Å². The summed E-state index contributed by atoms with van der Waals surface area (Å²) in [6.45, 7) is 1.31. The number of hydrogen-bond acceptors (Lipinski definition) is 3. The minimum absolute atomic E-state index is 0.584. The summed E-state index contributed by atoms with van der Waals surface area (Å²) in [5.74, 6) is 0. The molecule has 0 bridgehead atoms. The fourth-order valence-electron chi connectivity index (χ4n) is 0.728. The average Bonchev–Trinajstić information content (AvgIpc) is 2.48. The van der Waals surface area contributed by atoms with Gasteiger partial charge in [-0.2, -0.15) is 10.4 Å². The molecular formula is C7H9N3O. The van der Waals surface area contributed by atoms with Crippen LogP contribution in [0.3, 0.4) is 0 Å². The SMILES string of the molecule is COCCn1cc(C#N)cn1. The standard InChI is InChI=1S/C7H9N3O/c1-11-3-2-10-6-7(4-8)5-9-10/h5-6H,2-3H2,1H3. The summed E-state index contributed by atoms with van der Waals surface area (Å²) in [6.07, 6.45) is 3.23. The van der Waals surface area contributed by atoms with E-state index >= 15 is 0 Å². The summed E-state index contributed by atoms with van der Waals surface area (Å²) in [4.78, 5) is 0. The number of nitriles is 1. The van der Waals surface area contributed by atoms with E-state index in [0.717, 1.165) is 0 Å². The highest BCUT2D eigenvalue weighted by molar-refractivity contribution is 5.21. The molecule has 0 fully saturated rings. The Morgan fingerprint density at radius 2 is 2.64 bits per heavy atom. The molecule has 0 amide bonds. The van der Waals surface area contributed by atoms with Crippen molar-refractivity contribution in [2.45, 2.75) is 6.54 Å². The van der Waals surface area contributed by atoms with Gasteiger partial charge < -0.3 is 4.74 Å². The van der Waals surface area contributed by atoms with Crippen molar-refractivity contribution in [3.8, 4) is 6.07 Å². The van der Waals surface area contributed by atoms with Crippen molar-refractivity contribution in [1.29, 1.82) is 5.26 Å². The van der Waals surface area contributed by atoms with Crippen LogP contribution in [0, 0.1) is 11.3 Å². The summed E-state index contributed by atoms with van der Waals surface area (Å²) < 4.78 is 6.53. The fraction of sp³-hybridized carbons (Fsp3) is 0.429. The predicted molar refractivity (Wildman–Crippen MR) is 38.8 cm³/mol. The first-order valence-corrected chi connectivity index (χ1v) is 3.28. The number of nitrogens with zero attached hydrogens (tertiary/aromatic N) is 3. The van der Waals surface area contributed by atoms with E-state index in [1.807, 2.05) is 6.07 Å². The zero-order valence-corrected chi connectivity index (χ0v) is 6.32. The maximum Gasteiger partial charge on any atom is 0.102 e. The molecule has 0 N–H and O–H groups in total. The topological polar surface area (TPSA) is 50.8 Å². The molecule has 4 heteroatoms. The van der Waals surface area contributed by atoms with Crippen LogP contribution in [0.1, 0.15) is 5.56 Å². The Labute approximate surface area is 65.0 Å². The summed E-state index contributed by atoms with van der Waals surface area (Å²) >= 11 is 0. The maximum atomic E-state index is 8.44. The Kier molecular flexibility index (Phi) is 2.64. The molecule has 0 aromatic carbocycles. The van der Waals surface area contributed by atoms with Gasteiger partial charge in [0.15, 0.2) is 0 Å². The van der Waals surface area contributed by atoms with Crippen LogP contribution < -0.4 is 0 Å². The molecule has 0 saturated carbocycles. The van der Waals surface area contributed by atoms with Crippen LogP contribution in [0.5, 0.6) is 0 Å². The number of aromatic nitrogens is 2. The molecule has 0 aliphatic heterocycles. The van der Waals surface area contributed by atoms with Crippen molar-refractivity contribution < 1.29 is 4.74 Å². The molecule has 11 heavy (non-hydrogen) atoms. The van der Waals surface area contributed by atoms with Crippen molar-refractivity contribution in [2.75, 3.05) is 13.7 Å². The molecule has 0 aliphatic carbocycles. The van der Waals surface area contributed by atoms with Gasteiger partial charge in [-0.05, 0) is 0 Å². The summed E-state index contributed by atoms with van der Waals surface area (Å²) in [5, 5.41) is 12.4. The lowest BCUT2D eigenvalue weighted by atomic mass is 10.4. The van der Waals surface area contributed by atoms with Gasteiger partial charge >= 0.3 is 0 Å². The lowest BCUT2D eigenvalue weighted by Crippen LogP contribution is -2.03. The summed E-state index contributed by atoms with van der Waals surface area (Å²) in [7, 11) is 1.63. The normalized spacial score (nSPS) is 9.45. The van der Waals surface area contributed by atoms with Gasteiger partial charge in [0.2, 0.25) is 0 Å². The van der Waals surface area contributed by atoms with Crippen molar-refractivity contribution >= 4 is 0 Å². The maximum absolute atomic E-state index is 8.44. The lowest BCUT2D eigenvalue weighted by Gasteiger charge is -1.97. The highest BCUT2D eigenvalue weighted by Gasteiger charge is 1.94. The van der Waals surface area contributed by atoms with E-state index in [0.29, 0.717) is 18.7 Å². The zero-order chi connectivity index (χ0) is 8.10. The van der Waals surface area contributed by atoms with Crippen molar-refractivity contribution in [2.24, 2.45) is 0 Å². The lowest BCUT2D eigenvalue weighted by molar-refractivity contribution is 0.183. The molecule has 58 valence electrons. The van der Waals surface area contributed by atoms with Crippen LogP contribution in [-0.2, 0) is 11.3 Å². The third kappa shape index (κ3) is 2.06. The molecule has 0 unspecified atom stereocenters. The van der Waals surface area contributed by atoms with Crippen LogP contribution in [0.2, 0.25) is 0 Å². The van der Waals surface area contributed by atoms with E-state index in [-0.39, 0.29) is 0 Å². The predicted octanol–water partition coefficient (Wildman–Crippen LogP) is 0.401. The minimum Gasteiger partial charge on any atom is -0.383 e. The molecule has 1 aromatic heterocycles. The second-order valence-electron chi connectivity index (χ2n) is 2.10. The van der Waals surface area contributed by atoms with Crippen molar-refractivity contribution in [3.05, 3.63) is 18.0 Å². The molecule has 1 aromatic rings. The molecule has 0 spiro atoms. The fourth-order valence-corrected chi connectivity index (χ4v) is 0.728. The molecular weight excluding hydrogens is 142 g/mol. The van der Waals surface area contributed by atoms with Gasteiger partial charge in [0.25, 0.3) is 0 Å². The van der Waals surface area contributed by atoms with Gasteiger partial charge in [0.1, 0.15) is 6.07 Å². The van der Waals surface area contributed by atoms with E-state index in [9.17, 15) is 0 Å². The van der Waals surface area contributed by atoms with Gasteiger partial charge in [-0.15, -0.1) is 0 Å². The largest absolute Gasteiger partial charge is 0.383 e. The van der Waals surface area contributed by atoms with Gasteiger partial charge in [0.05, 0.1) is 24.9 Å². The summed E-state index contributed by atoms with van der Waals surface area (Å²) in [6, 6.07) is 2.00. The molecule has 0 radical (unpaired) electrons. The molecule has 0 atom stereocenters. The zero-order valence-electron chi connectivity index (χ0n) is 6.32. The third-order valence-electron chi connectivity index (χ3n) is 1.29. The van der Waals surface area contributed by atoms with Gasteiger partial charge in [0, 0.05) is 13.3 Å². The van der Waals surface area contributed by atoms with Crippen LogP contribution >= 0.6 is 0 Å². The summed E-state index contributed by atoms with van der Waals surface area (Å²) in [5.41, 5.74) is 0.584. The Hall–Kier alpha value is -1.34. The monoisotopic (exact) mass is 151 g/mol. The van der Waals surface area contributed by atoms with E-state index < -0.39 is 0 Å². The Bertz CT molecular complexity index is 261. The van der Waals surface area contributed by atoms with E-state index in [4.69, 9.17) is 10.00 Å². The van der Waals surface area contributed by atoms with Gasteiger partial charge in [-0.1, -0.05) is 0 Å². The van der Waals surface area contributed by atoms with Crippen LogP contribution in [-0.4, -0.2) is 23.5 Å². The van der Waals surface area contributed by atoms with Crippen molar-refractivity contribution in [3.63, 3.8) is 0 Å². The second kappa shape index (κ2) is 3.74. The number of ether oxygens (including phenoxy) is 1. The number of hydrogen-bond donors (Lipinski definition) is 0. The minimum atomic E-state index is 0.584. The average molecular weight is 151 g/mol. The van der Waals surface area contributed by atoms with Gasteiger partial charge in [-0.25, -0.2) is 0 Å². The highest BCUT2D eigenvalue weighted by Crippen LogP contribution is 1.93. The molecule has 1 heterocycles. The molecule has 0 aliphatic rings. The Morgan fingerprint density at radius 1 is 1.82 bits per heavy atom. The van der Waals surface area contributed by atoms with E-state index in [2.05, 4.69) is 5.10 Å². The quantitative estimate of drug-likeness (QED) is 0.628. The first-order chi connectivity index (χ1) is 5.36. The van der Waals surface area contributed by atoms with Crippen LogP contribution in [0.25, 0.3) is 0 Å². The number of methoxy groups -OCH3 is 1. The molecule has 1 rings (SSSR count). The third-order valence-corrected chi connectivity index (χ3v) is 1.29. The Balaban J connectivity index is 2.53. The molecule has 0 saturated heterocycles. The first-order valence-electron chi connectivity index (χ1n) is 3.28. The second-order valence-corrected chi connectivity index (χ2v) is 2.10. The first kappa shape index (κ1) is 7.76. The van der Waals surface area contributed by atoms with Gasteiger partial charge in [-0.3, -0.25) is 4.68 Å². The van der Waals surface area contributed by atoms with E-state index in [1.54, 1.807) is 18.0 Å². The number of rotatable bonds is 3. The highest BCUT2D eigenvalue weighted by atomic mass is 16.5. The smallest absolute Gasteiger partial charge is 0.102 e. The van der Waals surface area contributed by atoms with Crippen LogP contribution in [0.4, 0.5) is 0 Å². The Morgan fingerprint density at radius 3 is 3.18 bits per heavy atom. The van der Waals surface area contributed by atoms with Crippen LogP contribution in [0.15, 0.2) is 12.4 Å².